The first kappa shape index (κ1) is 17.3. The number of phenols is 1. The zero-order chi connectivity index (χ0) is 17.3. The number of halogens is 4. The van der Waals surface area contributed by atoms with E-state index in [1.165, 1.54) is 0 Å². The third kappa shape index (κ3) is 3.76. The fourth-order valence-electron chi connectivity index (χ4n) is 2.16. The lowest BCUT2D eigenvalue weighted by Crippen LogP contribution is -1.98. The second kappa shape index (κ2) is 7.16. The highest BCUT2D eigenvalue weighted by molar-refractivity contribution is 6.37. The minimum absolute atomic E-state index is 0.137. The number of hydrogen-bond donors (Lipinski definition) is 2. The fourth-order valence-corrected chi connectivity index (χ4v) is 3.15. The highest BCUT2D eigenvalue weighted by Crippen LogP contribution is 2.35. The number of anilines is 1. The second-order valence-electron chi connectivity index (χ2n) is 5.03. The van der Waals surface area contributed by atoms with Gasteiger partial charge in [-0.2, -0.15) is 0 Å². The van der Waals surface area contributed by atoms with E-state index in [4.69, 9.17) is 50.8 Å². The molecule has 0 aliphatic carbocycles. The molecule has 0 saturated carbocycles. The van der Waals surface area contributed by atoms with Gasteiger partial charge in [-0.15, -0.1) is 0 Å². The maximum Gasteiger partial charge on any atom is 0.152 e. The van der Waals surface area contributed by atoms with Gasteiger partial charge in [-0.25, -0.2) is 0 Å². The van der Waals surface area contributed by atoms with E-state index < -0.39 is 0 Å². The van der Waals surface area contributed by atoms with Gasteiger partial charge in [0.15, 0.2) is 5.75 Å². The van der Waals surface area contributed by atoms with Gasteiger partial charge in [0.05, 0.1) is 21.6 Å². The summed E-state index contributed by atoms with van der Waals surface area (Å²) in [5.74, 6) is 1.22. The van der Waals surface area contributed by atoms with Crippen LogP contribution in [0.4, 0.5) is 5.69 Å². The Morgan fingerprint density at radius 2 is 1.58 bits per heavy atom. The molecule has 1 heterocycles. The molecular formula is C17H11Cl4NO2. The molecule has 124 valence electrons. The molecule has 0 atom stereocenters. The number of nitrogens with one attached hydrogen (secondary N) is 1. The first-order valence-electron chi connectivity index (χ1n) is 6.90. The molecule has 3 nitrogen and oxygen atoms in total. The van der Waals surface area contributed by atoms with Crippen LogP contribution in [0.25, 0.3) is 11.3 Å². The van der Waals surface area contributed by atoms with E-state index in [0.29, 0.717) is 33.8 Å². The zero-order valence-electron chi connectivity index (χ0n) is 12.1. The summed E-state index contributed by atoms with van der Waals surface area (Å²) < 4.78 is 5.79. The van der Waals surface area contributed by atoms with Gasteiger partial charge in [0.25, 0.3) is 0 Å². The summed E-state index contributed by atoms with van der Waals surface area (Å²) in [6.07, 6.45) is 0. The Balaban J connectivity index is 1.75. The van der Waals surface area contributed by atoms with E-state index in [1.54, 1.807) is 30.3 Å². The number of benzene rings is 2. The molecule has 24 heavy (non-hydrogen) atoms. The molecule has 0 radical (unpaired) electrons. The van der Waals surface area contributed by atoms with E-state index in [0.717, 1.165) is 5.56 Å². The van der Waals surface area contributed by atoms with Crippen molar-refractivity contribution in [1.29, 1.82) is 0 Å². The Labute approximate surface area is 158 Å². The van der Waals surface area contributed by atoms with Crippen LogP contribution in [-0.2, 0) is 6.54 Å². The van der Waals surface area contributed by atoms with Gasteiger partial charge in [0.2, 0.25) is 0 Å². The third-order valence-corrected chi connectivity index (χ3v) is 4.47. The average molecular weight is 403 g/mol. The van der Waals surface area contributed by atoms with Crippen LogP contribution in [0.15, 0.2) is 46.9 Å². The fraction of sp³-hybridized carbons (Fsp3) is 0.0588. The predicted molar refractivity (Wildman–Crippen MR) is 99.6 cm³/mol. The van der Waals surface area contributed by atoms with Crippen LogP contribution in [0.5, 0.6) is 5.75 Å². The summed E-state index contributed by atoms with van der Waals surface area (Å²) >= 11 is 23.9. The van der Waals surface area contributed by atoms with E-state index >= 15 is 0 Å². The van der Waals surface area contributed by atoms with Gasteiger partial charge in [-0.05, 0) is 42.5 Å². The molecule has 0 bridgehead atoms. The van der Waals surface area contributed by atoms with Gasteiger partial charge >= 0.3 is 0 Å². The zero-order valence-corrected chi connectivity index (χ0v) is 15.1. The van der Waals surface area contributed by atoms with Crippen molar-refractivity contribution in [3.63, 3.8) is 0 Å². The summed E-state index contributed by atoms with van der Waals surface area (Å²) in [4.78, 5) is 0. The lowest BCUT2D eigenvalue weighted by atomic mass is 10.2. The molecule has 1 aromatic heterocycles. The molecule has 0 aliphatic heterocycles. The standard InChI is InChI=1S/C17H11Cl4NO2/c18-9-1-3-12(13(19)5-9)16-4-2-11(24-16)8-22-10-6-14(20)17(23)15(21)7-10/h1-7,22-23H,8H2. The van der Waals surface area contributed by atoms with Crippen molar-refractivity contribution in [2.45, 2.75) is 6.54 Å². The topological polar surface area (TPSA) is 45.4 Å². The molecule has 3 rings (SSSR count). The summed E-state index contributed by atoms with van der Waals surface area (Å²) in [6, 6.07) is 12.1. The Kier molecular flexibility index (Phi) is 5.16. The highest BCUT2D eigenvalue weighted by Gasteiger charge is 2.10. The number of aromatic hydroxyl groups is 1. The van der Waals surface area contributed by atoms with E-state index in [2.05, 4.69) is 5.32 Å². The predicted octanol–water partition coefficient (Wildman–Crippen LogP) is 6.88. The molecule has 0 aliphatic rings. The smallest absolute Gasteiger partial charge is 0.152 e. The number of phenolic OH excluding ortho intramolecular Hbond substituents is 1. The summed E-state index contributed by atoms with van der Waals surface area (Å²) in [7, 11) is 0. The summed E-state index contributed by atoms with van der Waals surface area (Å²) in [5, 5.41) is 14.1. The third-order valence-electron chi connectivity index (χ3n) is 3.34. The Morgan fingerprint density at radius 3 is 2.25 bits per heavy atom. The molecule has 0 saturated heterocycles. The molecule has 3 aromatic rings. The minimum Gasteiger partial charge on any atom is -0.505 e. The first-order valence-corrected chi connectivity index (χ1v) is 8.41. The Bertz CT molecular complexity index is 869. The quantitative estimate of drug-likeness (QED) is 0.467. The maximum atomic E-state index is 9.56. The average Bonchev–Trinajstić information content (AvgIpc) is 2.99. The van der Waals surface area contributed by atoms with Crippen molar-refractivity contribution in [3.8, 4) is 17.1 Å². The number of rotatable bonds is 4. The van der Waals surface area contributed by atoms with Gasteiger partial charge in [-0.1, -0.05) is 46.4 Å². The van der Waals surface area contributed by atoms with Crippen molar-refractivity contribution in [2.24, 2.45) is 0 Å². The SMILES string of the molecule is Oc1c(Cl)cc(NCc2ccc(-c3ccc(Cl)cc3Cl)o2)cc1Cl. The second-order valence-corrected chi connectivity index (χ2v) is 6.69. The van der Waals surface area contributed by atoms with Crippen LogP contribution in [0, 0.1) is 0 Å². The summed E-state index contributed by atoms with van der Waals surface area (Å²) in [5.41, 5.74) is 1.44. The van der Waals surface area contributed by atoms with Crippen molar-refractivity contribution < 1.29 is 9.52 Å². The highest BCUT2D eigenvalue weighted by atomic mass is 35.5. The van der Waals surface area contributed by atoms with Crippen molar-refractivity contribution in [1.82, 2.24) is 0 Å². The van der Waals surface area contributed by atoms with Gasteiger partial charge in [0.1, 0.15) is 11.5 Å². The lowest BCUT2D eigenvalue weighted by molar-refractivity contribution is 0.476. The number of furan rings is 1. The normalized spacial score (nSPS) is 10.8. The van der Waals surface area contributed by atoms with Crippen molar-refractivity contribution in [2.75, 3.05) is 5.32 Å². The molecule has 2 N–H and O–H groups in total. The van der Waals surface area contributed by atoms with E-state index in [1.807, 2.05) is 12.1 Å². The van der Waals surface area contributed by atoms with Crippen LogP contribution in [0.2, 0.25) is 20.1 Å². The van der Waals surface area contributed by atoms with Gasteiger partial charge < -0.3 is 14.8 Å². The van der Waals surface area contributed by atoms with Crippen LogP contribution >= 0.6 is 46.4 Å². The molecule has 0 amide bonds. The first-order chi connectivity index (χ1) is 11.4. The maximum absolute atomic E-state index is 9.56. The Hall–Kier alpha value is -1.52. The molecular weight excluding hydrogens is 392 g/mol. The van der Waals surface area contributed by atoms with Crippen LogP contribution in [-0.4, -0.2) is 5.11 Å². The Morgan fingerprint density at radius 1 is 0.875 bits per heavy atom. The van der Waals surface area contributed by atoms with Gasteiger partial charge in [-0.3, -0.25) is 0 Å². The number of hydrogen-bond acceptors (Lipinski definition) is 3. The molecule has 0 fully saturated rings. The van der Waals surface area contributed by atoms with Gasteiger partial charge in [0, 0.05) is 16.3 Å². The minimum atomic E-state index is -0.137. The largest absolute Gasteiger partial charge is 0.505 e. The summed E-state index contributed by atoms with van der Waals surface area (Å²) in [6.45, 7) is 0.419. The van der Waals surface area contributed by atoms with Crippen LogP contribution in [0.1, 0.15) is 5.76 Å². The lowest BCUT2D eigenvalue weighted by Gasteiger charge is -2.07. The monoisotopic (exact) mass is 401 g/mol. The van der Waals surface area contributed by atoms with E-state index in [-0.39, 0.29) is 15.8 Å². The van der Waals surface area contributed by atoms with Crippen LogP contribution < -0.4 is 5.32 Å². The molecule has 7 heteroatoms. The van der Waals surface area contributed by atoms with Crippen molar-refractivity contribution >= 4 is 52.1 Å². The van der Waals surface area contributed by atoms with Crippen LogP contribution in [0.3, 0.4) is 0 Å². The van der Waals surface area contributed by atoms with Crippen molar-refractivity contribution in [3.05, 3.63) is 68.3 Å². The molecule has 0 unspecified atom stereocenters. The molecule has 0 spiro atoms. The molecule has 2 aromatic carbocycles. The van der Waals surface area contributed by atoms with E-state index in [9.17, 15) is 5.11 Å².